The van der Waals surface area contributed by atoms with Gasteiger partial charge in [0.05, 0.1) is 18.8 Å². The highest BCUT2D eigenvalue weighted by Crippen LogP contribution is 2.30. The van der Waals surface area contributed by atoms with Crippen molar-refractivity contribution in [2.24, 2.45) is 0 Å². The molecule has 0 atom stereocenters. The number of aromatic nitrogens is 2. The van der Waals surface area contributed by atoms with E-state index in [-0.39, 0.29) is 24.6 Å². The van der Waals surface area contributed by atoms with Gasteiger partial charge in [0.25, 0.3) is 5.91 Å². The van der Waals surface area contributed by atoms with E-state index in [4.69, 9.17) is 5.11 Å². The van der Waals surface area contributed by atoms with Gasteiger partial charge in [0, 0.05) is 29.9 Å². The van der Waals surface area contributed by atoms with Gasteiger partial charge >= 0.3 is 12.2 Å². The summed E-state index contributed by atoms with van der Waals surface area (Å²) in [6, 6.07) is 6.81. The van der Waals surface area contributed by atoms with Gasteiger partial charge in [-0.3, -0.25) is 9.69 Å². The van der Waals surface area contributed by atoms with E-state index in [1.165, 1.54) is 0 Å². The molecule has 1 aromatic heterocycles. The van der Waals surface area contributed by atoms with E-state index in [1.807, 2.05) is 0 Å². The average molecular weight is 417 g/mol. The van der Waals surface area contributed by atoms with Gasteiger partial charge in [-0.2, -0.15) is 4.68 Å². The van der Waals surface area contributed by atoms with Crippen molar-refractivity contribution in [2.75, 3.05) is 23.3 Å². The van der Waals surface area contributed by atoms with E-state index in [0.29, 0.717) is 41.7 Å². The first-order valence-corrected chi connectivity index (χ1v) is 9.46. The Kier molecular flexibility index (Phi) is 5.02. The number of amides is 2. The quantitative estimate of drug-likeness (QED) is 0.700. The Labute approximate surface area is 170 Å². The fraction of sp³-hybridized carbons (Fsp3) is 0.368. The molecule has 1 aromatic carbocycles. The van der Waals surface area contributed by atoms with Gasteiger partial charge in [0.2, 0.25) is 0 Å². The van der Waals surface area contributed by atoms with Crippen LogP contribution < -0.4 is 10.2 Å². The van der Waals surface area contributed by atoms with E-state index in [1.54, 1.807) is 24.3 Å². The molecule has 1 fully saturated rings. The van der Waals surface area contributed by atoms with Crippen molar-refractivity contribution in [3.63, 3.8) is 0 Å². The number of nitrogens with one attached hydrogen (secondary N) is 1. The van der Waals surface area contributed by atoms with Crippen LogP contribution in [0.1, 0.15) is 34.5 Å². The Morgan fingerprint density at radius 2 is 1.70 bits per heavy atom. The largest absolute Gasteiger partial charge is 0.465 e. The monoisotopic (exact) mass is 417 g/mol. The summed E-state index contributed by atoms with van der Waals surface area (Å²) < 4.78 is 14.0. The third kappa shape index (κ3) is 3.65. The second-order valence-corrected chi connectivity index (χ2v) is 7.27. The molecule has 4 rings (SSSR count). The lowest BCUT2D eigenvalue weighted by atomic mass is 10.1. The summed E-state index contributed by atoms with van der Waals surface area (Å²) in [5, 5.41) is 25.0. The highest BCUT2D eigenvalue weighted by atomic mass is 19.1. The fourth-order valence-corrected chi connectivity index (χ4v) is 3.74. The molecular formula is C19H20FN5O5. The van der Waals surface area contributed by atoms with Crippen LogP contribution in [0, 0.1) is 0 Å². The Balaban J connectivity index is 1.50. The molecule has 1 saturated heterocycles. The molecule has 3 N–H and O–H groups in total. The first-order chi connectivity index (χ1) is 14.3. The minimum absolute atomic E-state index is 0.0234. The molecule has 0 saturated carbocycles. The number of fused-ring (bicyclic) bond motifs is 1. The van der Waals surface area contributed by atoms with Crippen LogP contribution in [0.2, 0.25) is 0 Å². The maximum absolute atomic E-state index is 13.3. The van der Waals surface area contributed by atoms with E-state index in [9.17, 15) is 23.9 Å². The number of rotatable bonds is 3. The van der Waals surface area contributed by atoms with E-state index < -0.39 is 24.3 Å². The number of nitrogens with zero attached hydrogens (tertiary/aromatic N) is 4. The van der Waals surface area contributed by atoms with Crippen molar-refractivity contribution in [3.8, 4) is 0 Å². The number of carboxylic acid groups (broad SMARTS) is 2. The van der Waals surface area contributed by atoms with Crippen LogP contribution in [0.3, 0.4) is 0 Å². The predicted molar refractivity (Wildman–Crippen MR) is 104 cm³/mol. The summed E-state index contributed by atoms with van der Waals surface area (Å²) >= 11 is 0. The van der Waals surface area contributed by atoms with Gasteiger partial charge in [-0.25, -0.2) is 14.0 Å². The second-order valence-electron chi connectivity index (χ2n) is 7.27. The minimum atomic E-state index is -1.36. The first kappa shape index (κ1) is 19.7. The molecule has 0 unspecified atom stereocenters. The molecule has 2 aliphatic heterocycles. The smallest absolute Gasteiger partial charge is 0.432 e. The number of anilines is 2. The zero-order valence-electron chi connectivity index (χ0n) is 15.9. The van der Waals surface area contributed by atoms with Crippen molar-refractivity contribution in [1.82, 2.24) is 14.7 Å². The minimum Gasteiger partial charge on any atom is -0.465 e. The number of piperidine rings is 1. The predicted octanol–water partition coefficient (Wildman–Crippen LogP) is 2.59. The normalized spacial score (nSPS) is 16.4. The molecule has 3 heterocycles. The van der Waals surface area contributed by atoms with Gasteiger partial charge in [0.1, 0.15) is 6.17 Å². The Hall–Kier alpha value is -3.63. The van der Waals surface area contributed by atoms with Crippen molar-refractivity contribution in [2.45, 2.75) is 32.1 Å². The van der Waals surface area contributed by atoms with E-state index in [2.05, 4.69) is 15.3 Å². The summed E-state index contributed by atoms with van der Waals surface area (Å²) in [5.74, 6) is -0.467. The van der Waals surface area contributed by atoms with Crippen LogP contribution in [0.15, 0.2) is 24.3 Å². The molecule has 10 nitrogen and oxygen atoms in total. The molecule has 0 aliphatic carbocycles. The Morgan fingerprint density at radius 1 is 1.03 bits per heavy atom. The van der Waals surface area contributed by atoms with Crippen LogP contribution >= 0.6 is 0 Å². The van der Waals surface area contributed by atoms with Gasteiger partial charge in [-0.05, 0) is 37.1 Å². The molecule has 2 aromatic rings. The van der Waals surface area contributed by atoms with Crippen LogP contribution in [0.5, 0.6) is 0 Å². The van der Waals surface area contributed by atoms with Gasteiger partial charge in [0.15, 0.2) is 5.82 Å². The lowest BCUT2D eigenvalue weighted by molar-refractivity contribution is 0.102. The molecule has 0 spiro atoms. The van der Waals surface area contributed by atoms with Crippen molar-refractivity contribution in [3.05, 3.63) is 41.1 Å². The second kappa shape index (κ2) is 7.65. The zero-order valence-corrected chi connectivity index (χ0v) is 15.9. The Bertz CT molecular complexity index is 997. The summed E-state index contributed by atoms with van der Waals surface area (Å²) in [6.07, 6.45) is -2.36. The first-order valence-electron chi connectivity index (χ1n) is 9.46. The standard InChI is InChI=1S/C19H20FN5O5/c20-12-5-7-23(8-6-12)13-3-1-11(2-4-13)17(26)21-16-14-9-24(18(27)28)10-15(14)25(22-16)19(29)30/h1-4,12H,5-10H2,(H,27,28)(H,29,30)(H,21,22,26). The molecule has 2 amide bonds. The average Bonchev–Trinajstić information content (AvgIpc) is 3.29. The van der Waals surface area contributed by atoms with Crippen molar-refractivity contribution in [1.29, 1.82) is 0 Å². The fourth-order valence-electron chi connectivity index (χ4n) is 3.74. The Morgan fingerprint density at radius 3 is 2.30 bits per heavy atom. The molecule has 0 bridgehead atoms. The van der Waals surface area contributed by atoms with Crippen molar-refractivity contribution < 1.29 is 29.0 Å². The zero-order chi connectivity index (χ0) is 21.4. The maximum Gasteiger partial charge on any atom is 0.432 e. The van der Waals surface area contributed by atoms with Gasteiger partial charge < -0.3 is 20.4 Å². The van der Waals surface area contributed by atoms with Crippen LogP contribution in [0.4, 0.5) is 25.5 Å². The molecule has 0 radical (unpaired) electrons. The van der Waals surface area contributed by atoms with Gasteiger partial charge in [-0.1, -0.05) is 0 Å². The van der Waals surface area contributed by atoms with Crippen LogP contribution in [-0.2, 0) is 13.1 Å². The lowest BCUT2D eigenvalue weighted by Gasteiger charge is -2.30. The number of hydrogen-bond donors (Lipinski definition) is 3. The number of benzene rings is 1. The molecule has 158 valence electrons. The van der Waals surface area contributed by atoms with E-state index >= 15 is 0 Å². The van der Waals surface area contributed by atoms with Crippen LogP contribution in [-0.4, -0.2) is 62.2 Å². The highest BCUT2D eigenvalue weighted by Gasteiger charge is 2.33. The molecule has 11 heteroatoms. The topological polar surface area (TPSA) is 128 Å². The summed E-state index contributed by atoms with van der Waals surface area (Å²) in [5.41, 5.74) is 1.81. The highest BCUT2D eigenvalue weighted by molar-refractivity contribution is 6.04. The maximum atomic E-state index is 13.3. The van der Waals surface area contributed by atoms with Gasteiger partial charge in [-0.15, -0.1) is 5.10 Å². The SMILES string of the molecule is O=C(Nc1nn(C(=O)O)c2c1CN(C(=O)O)C2)c1ccc(N2CCC(F)CC2)cc1. The molecule has 2 aliphatic rings. The number of alkyl halides is 1. The molecule has 30 heavy (non-hydrogen) atoms. The van der Waals surface area contributed by atoms with Crippen LogP contribution in [0.25, 0.3) is 0 Å². The molecular weight excluding hydrogens is 397 g/mol. The third-order valence-corrected chi connectivity index (χ3v) is 5.38. The lowest BCUT2D eigenvalue weighted by Crippen LogP contribution is -2.34. The summed E-state index contributed by atoms with van der Waals surface area (Å²) in [7, 11) is 0. The van der Waals surface area contributed by atoms with Crippen molar-refractivity contribution >= 4 is 29.6 Å². The summed E-state index contributed by atoms with van der Waals surface area (Å²) in [4.78, 5) is 38.4. The number of carbonyl (C=O) groups is 3. The number of halogens is 1. The van der Waals surface area contributed by atoms with E-state index in [0.717, 1.165) is 10.6 Å². The summed E-state index contributed by atoms with van der Waals surface area (Å²) in [6.45, 7) is 1.05. The third-order valence-electron chi connectivity index (χ3n) is 5.38. The number of hydrogen-bond acceptors (Lipinski definition) is 5. The number of carbonyl (C=O) groups excluding carboxylic acids is 1.